The SMILES string of the molecule is COc1cccc(-c2cc(-c3cccnc3)nn2CCNC(=O)Cn2nc(C)c(C)c2C)c1. The van der Waals surface area contributed by atoms with E-state index in [0.29, 0.717) is 13.1 Å². The molecule has 1 aromatic carbocycles. The summed E-state index contributed by atoms with van der Waals surface area (Å²) in [4.78, 5) is 16.7. The zero-order valence-corrected chi connectivity index (χ0v) is 19.4. The molecule has 0 aliphatic heterocycles. The Hall–Kier alpha value is -3.94. The molecule has 0 spiro atoms. The van der Waals surface area contributed by atoms with Crippen molar-refractivity contribution >= 4 is 5.91 Å². The fourth-order valence-electron chi connectivity index (χ4n) is 3.69. The molecule has 0 unspecified atom stereocenters. The third-order valence-corrected chi connectivity index (χ3v) is 5.79. The second-order valence-electron chi connectivity index (χ2n) is 7.92. The molecular weight excluding hydrogens is 416 g/mol. The van der Waals surface area contributed by atoms with Crippen molar-refractivity contribution in [1.29, 1.82) is 0 Å². The van der Waals surface area contributed by atoms with Crippen LogP contribution in [0.25, 0.3) is 22.5 Å². The Morgan fingerprint density at radius 3 is 2.55 bits per heavy atom. The van der Waals surface area contributed by atoms with Crippen molar-refractivity contribution in [3.05, 3.63) is 71.8 Å². The summed E-state index contributed by atoms with van der Waals surface area (Å²) in [6.45, 7) is 7.12. The van der Waals surface area contributed by atoms with Crippen LogP contribution >= 0.6 is 0 Å². The van der Waals surface area contributed by atoms with Crippen LogP contribution in [-0.2, 0) is 17.9 Å². The number of methoxy groups -OCH3 is 1. The fraction of sp³-hybridized carbons (Fsp3) is 0.280. The third-order valence-electron chi connectivity index (χ3n) is 5.79. The van der Waals surface area contributed by atoms with E-state index < -0.39 is 0 Å². The van der Waals surface area contributed by atoms with Crippen molar-refractivity contribution in [2.24, 2.45) is 0 Å². The van der Waals surface area contributed by atoms with Crippen LogP contribution in [0.5, 0.6) is 5.75 Å². The zero-order chi connectivity index (χ0) is 23.4. The predicted octanol–water partition coefficient (Wildman–Crippen LogP) is 3.56. The number of carbonyl (C=O) groups is 1. The van der Waals surface area contributed by atoms with Crippen LogP contribution in [0, 0.1) is 20.8 Å². The first kappa shape index (κ1) is 22.3. The normalized spacial score (nSPS) is 10.9. The molecule has 0 saturated carbocycles. The van der Waals surface area contributed by atoms with Gasteiger partial charge in [-0.25, -0.2) is 0 Å². The lowest BCUT2D eigenvalue weighted by molar-refractivity contribution is -0.121. The molecule has 3 heterocycles. The Morgan fingerprint density at radius 1 is 1.03 bits per heavy atom. The van der Waals surface area contributed by atoms with Gasteiger partial charge in [0.05, 0.1) is 30.7 Å². The summed E-state index contributed by atoms with van der Waals surface area (Å²) in [6, 6.07) is 13.8. The summed E-state index contributed by atoms with van der Waals surface area (Å²) in [5.41, 5.74) is 6.76. The molecule has 170 valence electrons. The number of aromatic nitrogens is 5. The highest BCUT2D eigenvalue weighted by molar-refractivity contribution is 5.75. The Kier molecular flexibility index (Phi) is 6.53. The average molecular weight is 445 g/mol. The second kappa shape index (κ2) is 9.68. The largest absolute Gasteiger partial charge is 0.497 e. The van der Waals surface area contributed by atoms with E-state index in [2.05, 4.69) is 15.4 Å². The maximum atomic E-state index is 12.5. The number of nitrogens with zero attached hydrogens (tertiary/aromatic N) is 5. The van der Waals surface area contributed by atoms with Crippen LogP contribution in [0.4, 0.5) is 0 Å². The quantitative estimate of drug-likeness (QED) is 0.449. The zero-order valence-electron chi connectivity index (χ0n) is 19.4. The molecule has 33 heavy (non-hydrogen) atoms. The Balaban J connectivity index is 1.51. The number of nitrogens with one attached hydrogen (secondary N) is 1. The predicted molar refractivity (Wildman–Crippen MR) is 127 cm³/mol. The van der Waals surface area contributed by atoms with Crippen molar-refractivity contribution in [3.8, 4) is 28.3 Å². The van der Waals surface area contributed by atoms with Gasteiger partial charge in [-0.05, 0) is 56.7 Å². The minimum Gasteiger partial charge on any atom is -0.497 e. The van der Waals surface area contributed by atoms with E-state index in [1.807, 2.05) is 67.9 Å². The average Bonchev–Trinajstić information content (AvgIpc) is 3.36. The van der Waals surface area contributed by atoms with Gasteiger partial charge in [0.2, 0.25) is 5.91 Å². The topological polar surface area (TPSA) is 86.9 Å². The number of benzene rings is 1. The van der Waals surface area contributed by atoms with Crippen LogP contribution < -0.4 is 10.1 Å². The van der Waals surface area contributed by atoms with Crippen LogP contribution in [0.2, 0.25) is 0 Å². The van der Waals surface area contributed by atoms with Gasteiger partial charge >= 0.3 is 0 Å². The summed E-state index contributed by atoms with van der Waals surface area (Å²) in [6.07, 6.45) is 3.53. The lowest BCUT2D eigenvalue weighted by Gasteiger charge is -2.10. The molecule has 1 amide bonds. The molecule has 4 rings (SSSR count). The van der Waals surface area contributed by atoms with Gasteiger partial charge in [-0.2, -0.15) is 10.2 Å². The highest BCUT2D eigenvalue weighted by Gasteiger charge is 2.14. The maximum absolute atomic E-state index is 12.5. The number of aryl methyl sites for hydroxylation is 1. The van der Waals surface area contributed by atoms with Gasteiger partial charge in [-0.15, -0.1) is 0 Å². The van der Waals surface area contributed by atoms with E-state index in [9.17, 15) is 4.79 Å². The maximum Gasteiger partial charge on any atom is 0.241 e. The number of rotatable bonds is 8. The third kappa shape index (κ3) is 4.95. The molecule has 0 atom stereocenters. The van der Waals surface area contributed by atoms with Gasteiger partial charge in [-0.3, -0.25) is 19.1 Å². The van der Waals surface area contributed by atoms with Gasteiger partial charge in [0, 0.05) is 35.8 Å². The summed E-state index contributed by atoms with van der Waals surface area (Å²) < 4.78 is 9.05. The Bertz CT molecular complexity index is 1260. The highest BCUT2D eigenvalue weighted by atomic mass is 16.5. The van der Waals surface area contributed by atoms with E-state index in [4.69, 9.17) is 9.84 Å². The lowest BCUT2D eigenvalue weighted by atomic mass is 10.1. The minimum atomic E-state index is -0.0804. The molecule has 8 nitrogen and oxygen atoms in total. The molecule has 0 aliphatic rings. The van der Waals surface area contributed by atoms with Crippen molar-refractivity contribution in [2.45, 2.75) is 33.9 Å². The summed E-state index contributed by atoms with van der Waals surface area (Å²) in [5.74, 6) is 0.694. The summed E-state index contributed by atoms with van der Waals surface area (Å²) in [5, 5.41) is 12.2. The number of hydrogen-bond donors (Lipinski definition) is 1. The standard InChI is InChI=1S/C25H28N6O2/c1-17-18(2)28-31(19(17)3)16-25(32)27-11-12-30-24(20-7-5-9-22(13-20)33-4)14-23(29-30)21-8-6-10-26-15-21/h5-10,13-15H,11-12,16H2,1-4H3,(H,27,32). The van der Waals surface area contributed by atoms with Crippen LogP contribution in [0.15, 0.2) is 54.9 Å². The van der Waals surface area contributed by atoms with Gasteiger partial charge < -0.3 is 10.1 Å². The van der Waals surface area contributed by atoms with Gasteiger partial charge in [-0.1, -0.05) is 12.1 Å². The molecule has 0 saturated heterocycles. The molecule has 3 aromatic heterocycles. The number of hydrogen-bond acceptors (Lipinski definition) is 5. The number of carbonyl (C=O) groups excluding carboxylic acids is 1. The van der Waals surface area contributed by atoms with Crippen molar-refractivity contribution < 1.29 is 9.53 Å². The first-order valence-corrected chi connectivity index (χ1v) is 10.9. The van der Waals surface area contributed by atoms with Crippen molar-refractivity contribution in [2.75, 3.05) is 13.7 Å². The van der Waals surface area contributed by atoms with E-state index in [1.165, 1.54) is 0 Å². The van der Waals surface area contributed by atoms with Crippen LogP contribution in [0.1, 0.15) is 17.0 Å². The van der Waals surface area contributed by atoms with Gasteiger partial charge in [0.1, 0.15) is 12.3 Å². The molecule has 0 fully saturated rings. The van der Waals surface area contributed by atoms with E-state index >= 15 is 0 Å². The lowest BCUT2D eigenvalue weighted by Crippen LogP contribution is -2.31. The monoisotopic (exact) mass is 444 g/mol. The van der Waals surface area contributed by atoms with E-state index in [1.54, 1.807) is 24.2 Å². The number of pyridine rings is 1. The summed E-state index contributed by atoms with van der Waals surface area (Å²) >= 11 is 0. The summed E-state index contributed by atoms with van der Waals surface area (Å²) in [7, 11) is 1.65. The molecule has 8 heteroatoms. The fourth-order valence-corrected chi connectivity index (χ4v) is 3.69. The van der Waals surface area contributed by atoms with E-state index in [-0.39, 0.29) is 12.5 Å². The van der Waals surface area contributed by atoms with Crippen LogP contribution in [0.3, 0.4) is 0 Å². The Morgan fingerprint density at radius 2 is 1.85 bits per heavy atom. The molecule has 0 aliphatic carbocycles. The van der Waals surface area contributed by atoms with E-state index in [0.717, 1.165) is 45.2 Å². The van der Waals surface area contributed by atoms with Gasteiger partial charge in [0.15, 0.2) is 0 Å². The Labute approximate surface area is 193 Å². The van der Waals surface area contributed by atoms with Crippen molar-refractivity contribution in [3.63, 3.8) is 0 Å². The second-order valence-corrected chi connectivity index (χ2v) is 7.92. The highest BCUT2D eigenvalue weighted by Crippen LogP contribution is 2.28. The minimum absolute atomic E-state index is 0.0804. The first-order chi connectivity index (χ1) is 16.0. The van der Waals surface area contributed by atoms with Crippen LogP contribution in [-0.4, -0.2) is 44.1 Å². The first-order valence-electron chi connectivity index (χ1n) is 10.9. The van der Waals surface area contributed by atoms with Gasteiger partial charge in [0.25, 0.3) is 0 Å². The molecule has 0 radical (unpaired) electrons. The molecule has 4 aromatic rings. The molecular formula is C25H28N6O2. The molecule has 1 N–H and O–H groups in total. The van der Waals surface area contributed by atoms with Crippen molar-refractivity contribution in [1.82, 2.24) is 29.9 Å². The number of ether oxygens (including phenoxy) is 1. The smallest absolute Gasteiger partial charge is 0.241 e. The number of amides is 1. The molecule has 0 bridgehead atoms.